The van der Waals surface area contributed by atoms with Gasteiger partial charge in [0.1, 0.15) is 0 Å². The van der Waals surface area contributed by atoms with Crippen LogP contribution in [0.1, 0.15) is 24.0 Å². The molecular formula is C17H19ClN2O2. The van der Waals surface area contributed by atoms with E-state index in [4.69, 9.17) is 11.5 Å². The molecule has 4 N–H and O–H groups in total. The number of nitrogens with two attached hydrogens (primary N) is 2. The predicted molar refractivity (Wildman–Crippen MR) is 88.8 cm³/mol. The third-order valence-corrected chi connectivity index (χ3v) is 3.55. The summed E-state index contributed by atoms with van der Waals surface area (Å²) in [5.74, 6) is -1.85. The standard InChI is InChI=1S/C17H18N2O2.ClH/c1-17(19,16(18)21)15(20)14(12-8-4-2-5-9-12)13-10-6-3-7-11-13;/h2-11,14H,19H2,1H3,(H2,18,21);1H/t17-;/m1./s1. The second-order valence-electron chi connectivity index (χ2n) is 5.19. The normalized spacial score (nSPS) is 13.0. The summed E-state index contributed by atoms with van der Waals surface area (Å²) >= 11 is 0. The van der Waals surface area contributed by atoms with Gasteiger partial charge in [0.2, 0.25) is 5.91 Å². The van der Waals surface area contributed by atoms with Gasteiger partial charge < -0.3 is 11.5 Å². The minimum Gasteiger partial charge on any atom is -0.368 e. The van der Waals surface area contributed by atoms with Crippen molar-refractivity contribution in [2.24, 2.45) is 11.5 Å². The van der Waals surface area contributed by atoms with Gasteiger partial charge in [-0.15, -0.1) is 12.4 Å². The minimum atomic E-state index is -1.71. The lowest BCUT2D eigenvalue weighted by Crippen LogP contribution is -2.57. The molecule has 5 heteroatoms. The number of primary amides is 1. The molecule has 2 aromatic carbocycles. The highest BCUT2D eigenvalue weighted by atomic mass is 35.5. The van der Waals surface area contributed by atoms with Crippen molar-refractivity contribution in [3.63, 3.8) is 0 Å². The third-order valence-electron chi connectivity index (χ3n) is 3.55. The van der Waals surface area contributed by atoms with Crippen LogP contribution in [0.3, 0.4) is 0 Å². The maximum Gasteiger partial charge on any atom is 0.244 e. The minimum absolute atomic E-state index is 0. The van der Waals surface area contributed by atoms with E-state index >= 15 is 0 Å². The molecule has 2 aromatic rings. The first kappa shape index (κ1) is 17.9. The summed E-state index contributed by atoms with van der Waals surface area (Å²) in [5, 5.41) is 0. The third kappa shape index (κ3) is 3.53. The molecule has 0 fully saturated rings. The van der Waals surface area contributed by atoms with Crippen LogP contribution in [0, 0.1) is 0 Å². The summed E-state index contributed by atoms with van der Waals surface area (Å²) in [6.45, 7) is 1.36. The van der Waals surface area contributed by atoms with Crippen LogP contribution < -0.4 is 11.5 Å². The summed E-state index contributed by atoms with van der Waals surface area (Å²) in [6, 6.07) is 18.5. The number of hydrogen-bond acceptors (Lipinski definition) is 3. The molecule has 0 saturated heterocycles. The van der Waals surface area contributed by atoms with Crippen LogP contribution in [0.5, 0.6) is 0 Å². The lowest BCUT2D eigenvalue weighted by molar-refractivity contribution is -0.133. The molecule has 4 nitrogen and oxygen atoms in total. The topological polar surface area (TPSA) is 86.2 Å². The Labute approximate surface area is 135 Å². The van der Waals surface area contributed by atoms with Crippen molar-refractivity contribution in [1.82, 2.24) is 0 Å². The predicted octanol–water partition coefficient (Wildman–Crippen LogP) is 2.01. The zero-order valence-electron chi connectivity index (χ0n) is 12.2. The average Bonchev–Trinajstić information content (AvgIpc) is 2.49. The van der Waals surface area contributed by atoms with Gasteiger partial charge in [-0.25, -0.2) is 0 Å². The Kier molecular flexibility index (Phi) is 5.85. The van der Waals surface area contributed by atoms with Crippen LogP contribution in [0.4, 0.5) is 0 Å². The number of hydrogen-bond donors (Lipinski definition) is 2. The van der Waals surface area contributed by atoms with Crippen molar-refractivity contribution in [3.8, 4) is 0 Å². The molecule has 0 unspecified atom stereocenters. The summed E-state index contributed by atoms with van der Waals surface area (Å²) in [4.78, 5) is 24.3. The van der Waals surface area contributed by atoms with E-state index in [9.17, 15) is 9.59 Å². The van der Waals surface area contributed by atoms with E-state index in [1.807, 2.05) is 60.7 Å². The lowest BCUT2D eigenvalue weighted by Gasteiger charge is -2.26. The summed E-state index contributed by atoms with van der Waals surface area (Å²) in [7, 11) is 0. The van der Waals surface area contributed by atoms with Crippen LogP contribution in [0.25, 0.3) is 0 Å². The van der Waals surface area contributed by atoms with E-state index in [0.29, 0.717) is 0 Å². The molecule has 2 rings (SSSR count). The number of halogens is 1. The largest absolute Gasteiger partial charge is 0.368 e. The Bertz CT molecular complexity index is 603. The van der Waals surface area contributed by atoms with Gasteiger partial charge in [0, 0.05) is 0 Å². The molecule has 1 amide bonds. The van der Waals surface area contributed by atoms with Gasteiger partial charge in [-0.2, -0.15) is 0 Å². The zero-order valence-corrected chi connectivity index (χ0v) is 13.0. The number of carbonyl (C=O) groups excluding carboxylic acids is 2. The molecule has 0 aliphatic rings. The Morgan fingerprint density at radius 3 is 1.59 bits per heavy atom. The number of rotatable bonds is 5. The van der Waals surface area contributed by atoms with E-state index < -0.39 is 23.1 Å². The van der Waals surface area contributed by atoms with Crippen molar-refractivity contribution < 1.29 is 9.59 Å². The molecule has 1 atom stereocenters. The van der Waals surface area contributed by atoms with Crippen molar-refractivity contribution in [1.29, 1.82) is 0 Å². The Hall–Kier alpha value is -2.17. The van der Waals surface area contributed by atoms with Gasteiger partial charge in [-0.1, -0.05) is 60.7 Å². The molecule has 0 aliphatic heterocycles. The molecule has 22 heavy (non-hydrogen) atoms. The van der Waals surface area contributed by atoms with Crippen LogP contribution in [0.2, 0.25) is 0 Å². The first-order valence-corrected chi connectivity index (χ1v) is 6.67. The zero-order chi connectivity index (χ0) is 15.5. The van der Waals surface area contributed by atoms with Crippen LogP contribution in [0.15, 0.2) is 60.7 Å². The van der Waals surface area contributed by atoms with E-state index in [1.54, 1.807) is 0 Å². The average molecular weight is 319 g/mol. The van der Waals surface area contributed by atoms with Gasteiger partial charge in [0.15, 0.2) is 11.3 Å². The van der Waals surface area contributed by atoms with Crippen LogP contribution in [-0.4, -0.2) is 17.2 Å². The highest BCUT2D eigenvalue weighted by molar-refractivity contribution is 6.12. The molecule has 0 bridgehead atoms. The van der Waals surface area contributed by atoms with Gasteiger partial charge >= 0.3 is 0 Å². The molecule has 116 valence electrons. The van der Waals surface area contributed by atoms with Crippen LogP contribution in [-0.2, 0) is 9.59 Å². The number of carbonyl (C=O) groups is 2. The smallest absolute Gasteiger partial charge is 0.244 e. The van der Waals surface area contributed by atoms with E-state index in [1.165, 1.54) is 6.92 Å². The van der Waals surface area contributed by atoms with E-state index in [-0.39, 0.29) is 12.4 Å². The van der Waals surface area contributed by atoms with Crippen molar-refractivity contribution in [3.05, 3.63) is 71.8 Å². The SMILES string of the molecule is C[C@](N)(C(N)=O)C(=O)C(c1ccccc1)c1ccccc1.Cl. The van der Waals surface area contributed by atoms with Gasteiger partial charge in [-0.05, 0) is 18.1 Å². The van der Waals surface area contributed by atoms with Crippen molar-refractivity contribution in [2.45, 2.75) is 18.4 Å². The van der Waals surface area contributed by atoms with Crippen LogP contribution >= 0.6 is 12.4 Å². The summed E-state index contributed by atoms with van der Waals surface area (Å²) in [5.41, 5.74) is 11.0. The molecule has 0 spiro atoms. The fourth-order valence-electron chi connectivity index (χ4n) is 2.21. The van der Waals surface area contributed by atoms with Gasteiger partial charge in [-0.3, -0.25) is 9.59 Å². The Balaban J connectivity index is 0.00000242. The second-order valence-corrected chi connectivity index (χ2v) is 5.19. The monoisotopic (exact) mass is 318 g/mol. The summed E-state index contributed by atoms with van der Waals surface area (Å²) < 4.78 is 0. The number of amides is 1. The molecule has 0 radical (unpaired) electrons. The number of benzene rings is 2. The molecular weight excluding hydrogens is 300 g/mol. The van der Waals surface area contributed by atoms with Crippen molar-refractivity contribution >= 4 is 24.1 Å². The fourth-order valence-corrected chi connectivity index (χ4v) is 2.21. The molecule has 0 heterocycles. The number of ketones is 1. The molecule has 0 aliphatic carbocycles. The second kappa shape index (κ2) is 7.20. The fraction of sp³-hybridized carbons (Fsp3) is 0.176. The highest BCUT2D eigenvalue weighted by Crippen LogP contribution is 2.28. The molecule has 0 aromatic heterocycles. The Morgan fingerprint density at radius 2 is 1.27 bits per heavy atom. The maximum atomic E-state index is 12.8. The Morgan fingerprint density at radius 1 is 0.909 bits per heavy atom. The van der Waals surface area contributed by atoms with Gasteiger partial charge in [0.25, 0.3) is 0 Å². The maximum absolute atomic E-state index is 12.8. The highest BCUT2D eigenvalue weighted by Gasteiger charge is 2.40. The van der Waals surface area contributed by atoms with Gasteiger partial charge in [0.05, 0.1) is 5.92 Å². The van der Waals surface area contributed by atoms with Crippen molar-refractivity contribution in [2.75, 3.05) is 0 Å². The quantitative estimate of drug-likeness (QED) is 0.827. The lowest BCUT2D eigenvalue weighted by atomic mass is 9.79. The van der Waals surface area contributed by atoms with E-state index in [2.05, 4.69) is 0 Å². The first-order chi connectivity index (χ1) is 9.94. The van der Waals surface area contributed by atoms with E-state index in [0.717, 1.165) is 11.1 Å². The first-order valence-electron chi connectivity index (χ1n) is 6.67. The molecule has 0 saturated carbocycles. The summed E-state index contributed by atoms with van der Waals surface area (Å²) in [6.07, 6.45) is 0. The number of Topliss-reactive ketones (excluding diaryl/α,β-unsaturated/α-hetero) is 1.